The number of benzene rings is 1. The maximum atomic E-state index is 13.9. The van der Waals surface area contributed by atoms with Crippen LogP contribution >= 0.6 is 0 Å². The number of piperazine rings is 1. The molecule has 0 unspecified atom stereocenters. The number of carbonyl (C=O) groups is 4. The minimum absolute atomic E-state index is 0.0342. The van der Waals surface area contributed by atoms with E-state index >= 15 is 0 Å². The summed E-state index contributed by atoms with van der Waals surface area (Å²) in [6, 6.07) is 1.62. The maximum Gasteiger partial charge on any atom is 0.255 e. The van der Waals surface area contributed by atoms with Crippen LogP contribution in [0.4, 0.5) is 0 Å². The van der Waals surface area contributed by atoms with Gasteiger partial charge in [0.1, 0.15) is 22.8 Å². The molecule has 12 heteroatoms. The van der Waals surface area contributed by atoms with Crippen molar-refractivity contribution in [2.24, 2.45) is 17.6 Å². The lowest BCUT2D eigenvalue weighted by molar-refractivity contribution is -0.153. The Morgan fingerprint density at radius 1 is 1.10 bits per heavy atom. The number of hydrogen-bond donors (Lipinski definition) is 5. The number of aromatic hydroxyl groups is 1. The third-order valence-electron chi connectivity index (χ3n) is 8.87. The Morgan fingerprint density at radius 2 is 1.75 bits per heavy atom. The van der Waals surface area contributed by atoms with E-state index in [1.54, 1.807) is 14.1 Å². The van der Waals surface area contributed by atoms with Gasteiger partial charge in [0.25, 0.3) is 5.91 Å². The first-order chi connectivity index (χ1) is 18.8. The zero-order valence-corrected chi connectivity index (χ0v) is 22.7. The number of phenols is 1. The van der Waals surface area contributed by atoms with E-state index in [0.29, 0.717) is 11.1 Å². The second-order valence-electron chi connectivity index (χ2n) is 11.4. The van der Waals surface area contributed by atoms with Crippen molar-refractivity contribution in [2.45, 2.75) is 24.5 Å². The second-order valence-corrected chi connectivity index (χ2v) is 11.4. The number of phenolic OH excluding ortho intramolecular Hbond substituents is 1. The van der Waals surface area contributed by atoms with E-state index in [1.165, 1.54) is 17.0 Å². The highest BCUT2D eigenvalue weighted by atomic mass is 16.3. The predicted octanol–water partition coefficient (Wildman–Crippen LogP) is -0.606. The van der Waals surface area contributed by atoms with Gasteiger partial charge in [-0.3, -0.25) is 29.0 Å². The second kappa shape index (κ2) is 9.81. The molecule has 2 fully saturated rings. The molecule has 1 aromatic carbocycles. The zero-order chi connectivity index (χ0) is 29.3. The van der Waals surface area contributed by atoms with Crippen molar-refractivity contribution in [3.8, 4) is 5.75 Å². The van der Waals surface area contributed by atoms with Crippen LogP contribution in [-0.2, 0) is 20.8 Å². The number of aliphatic hydroxyl groups excluding tert-OH is 2. The number of likely N-dealkylation sites (N-methyl/N-ethyl adjacent to an activating group) is 2. The molecule has 1 aliphatic heterocycles. The van der Waals surface area contributed by atoms with Gasteiger partial charge in [0, 0.05) is 43.2 Å². The number of amides is 1. The zero-order valence-electron chi connectivity index (χ0n) is 22.7. The minimum atomic E-state index is -2.70. The third kappa shape index (κ3) is 4.05. The van der Waals surface area contributed by atoms with Gasteiger partial charge in [-0.25, -0.2) is 0 Å². The lowest BCUT2D eigenvalue weighted by Crippen LogP contribution is -2.65. The molecule has 5 rings (SSSR count). The van der Waals surface area contributed by atoms with Gasteiger partial charge >= 0.3 is 0 Å². The van der Waals surface area contributed by atoms with Crippen LogP contribution in [0.3, 0.4) is 0 Å². The predicted molar refractivity (Wildman–Crippen MR) is 143 cm³/mol. The molecule has 1 heterocycles. The number of nitrogens with two attached hydrogens (primary N) is 1. The Kier molecular flexibility index (Phi) is 6.86. The number of rotatable bonds is 5. The molecule has 1 saturated heterocycles. The molecule has 4 aliphatic rings. The first kappa shape index (κ1) is 28.0. The van der Waals surface area contributed by atoms with E-state index < -0.39 is 58.0 Å². The number of carbonyl (C=O) groups excluding carboxylic acids is 4. The van der Waals surface area contributed by atoms with Gasteiger partial charge in [0.2, 0.25) is 5.78 Å². The number of ketones is 3. The van der Waals surface area contributed by atoms with Gasteiger partial charge in [-0.1, -0.05) is 0 Å². The fourth-order valence-corrected chi connectivity index (χ4v) is 6.80. The molecule has 1 saturated carbocycles. The average Bonchev–Trinajstić information content (AvgIpc) is 2.87. The van der Waals surface area contributed by atoms with Crippen LogP contribution in [0, 0.1) is 11.8 Å². The lowest BCUT2D eigenvalue weighted by atomic mass is 9.57. The van der Waals surface area contributed by atoms with E-state index in [4.69, 9.17) is 5.73 Å². The summed E-state index contributed by atoms with van der Waals surface area (Å²) in [6.45, 7) is 3.25. The van der Waals surface area contributed by atoms with Crippen molar-refractivity contribution < 1.29 is 39.6 Å². The molecule has 0 bridgehead atoms. The minimum Gasteiger partial charge on any atom is -0.508 e. The standard InChI is InChI=1S/C28H34N4O8/c1-30(2)22-16-11-13-10-15-14(18(34)12-32-8-6-31(3)7-9-32)4-5-17(33)20(15)23(35)19(13)25(37)28(16,40)26(38)21(24(22)36)27(29)39/h4-5,13,16,22,33,35,38,40H,6-12H2,1-3H3,(H2,29,39)/t13-,16-,22-,28-/m0/s1. The molecule has 4 atom stereocenters. The Morgan fingerprint density at radius 3 is 2.35 bits per heavy atom. The van der Waals surface area contributed by atoms with Crippen molar-refractivity contribution in [1.82, 2.24) is 14.7 Å². The average molecular weight is 555 g/mol. The number of aliphatic hydroxyl groups is 3. The van der Waals surface area contributed by atoms with Crippen LogP contribution in [0.25, 0.3) is 5.76 Å². The largest absolute Gasteiger partial charge is 0.508 e. The summed E-state index contributed by atoms with van der Waals surface area (Å²) in [6.07, 6.45) is 0.0419. The topological polar surface area (TPSA) is 185 Å². The maximum absolute atomic E-state index is 13.9. The van der Waals surface area contributed by atoms with E-state index in [1.807, 2.05) is 11.9 Å². The van der Waals surface area contributed by atoms with Gasteiger partial charge in [0.15, 0.2) is 17.2 Å². The molecule has 1 amide bonds. The van der Waals surface area contributed by atoms with Crippen LogP contribution in [0.15, 0.2) is 29.0 Å². The van der Waals surface area contributed by atoms with Gasteiger partial charge < -0.3 is 31.1 Å². The Balaban J connectivity index is 1.60. The van der Waals surface area contributed by atoms with Gasteiger partial charge in [-0.15, -0.1) is 0 Å². The van der Waals surface area contributed by atoms with Crippen LogP contribution < -0.4 is 5.73 Å². The molecule has 1 aromatic rings. The summed E-state index contributed by atoms with van der Waals surface area (Å²) < 4.78 is 0. The molecular weight excluding hydrogens is 520 g/mol. The van der Waals surface area contributed by atoms with Crippen molar-refractivity contribution in [3.05, 3.63) is 45.7 Å². The van der Waals surface area contributed by atoms with Gasteiger partial charge in [-0.2, -0.15) is 0 Å². The summed E-state index contributed by atoms with van der Waals surface area (Å²) in [5.74, 6) is -7.38. The summed E-state index contributed by atoms with van der Waals surface area (Å²) >= 11 is 0. The molecular formula is C28H34N4O8. The molecule has 0 spiro atoms. The third-order valence-corrected chi connectivity index (χ3v) is 8.87. The quantitative estimate of drug-likeness (QED) is 0.231. The number of nitrogens with zero attached hydrogens (tertiary/aromatic N) is 3. The fourth-order valence-electron chi connectivity index (χ4n) is 6.80. The highest BCUT2D eigenvalue weighted by Gasteiger charge is 2.64. The van der Waals surface area contributed by atoms with Crippen LogP contribution in [0.5, 0.6) is 5.75 Å². The van der Waals surface area contributed by atoms with E-state index in [0.717, 1.165) is 26.2 Å². The highest BCUT2D eigenvalue weighted by Crippen LogP contribution is 2.53. The SMILES string of the molecule is CN1CCN(CC(=O)c2ccc(O)c3c2C[C@H]2C[C@H]4[C@H](N(C)C)C(=O)C(C(N)=O)=C(O)[C@@]4(O)C(=O)C2=C3O)CC1. The van der Waals surface area contributed by atoms with E-state index in [2.05, 4.69) is 4.90 Å². The van der Waals surface area contributed by atoms with Crippen LogP contribution in [-0.4, -0.2) is 124 Å². The number of Topliss-reactive ketones (excluding diaryl/α,β-unsaturated/α-hetero) is 3. The number of hydrogen-bond acceptors (Lipinski definition) is 11. The van der Waals surface area contributed by atoms with E-state index in [9.17, 15) is 39.6 Å². The summed E-state index contributed by atoms with van der Waals surface area (Å²) in [5.41, 5.74) is 2.15. The monoisotopic (exact) mass is 554 g/mol. The van der Waals surface area contributed by atoms with Crippen molar-refractivity contribution in [2.75, 3.05) is 53.9 Å². The van der Waals surface area contributed by atoms with Gasteiger partial charge in [0.05, 0.1) is 18.2 Å². The molecule has 12 nitrogen and oxygen atoms in total. The van der Waals surface area contributed by atoms with Crippen LogP contribution in [0.1, 0.15) is 27.9 Å². The molecule has 3 aliphatic carbocycles. The summed E-state index contributed by atoms with van der Waals surface area (Å²) in [4.78, 5) is 58.3. The first-order valence-corrected chi connectivity index (χ1v) is 13.2. The molecule has 0 aromatic heterocycles. The highest BCUT2D eigenvalue weighted by molar-refractivity contribution is 6.24. The Bertz CT molecular complexity index is 1390. The number of primary amides is 1. The normalized spacial score (nSPS) is 29.4. The molecule has 214 valence electrons. The fraction of sp³-hybridized carbons (Fsp3) is 0.500. The van der Waals surface area contributed by atoms with Gasteiger partial charge in [-0.05, 0) is 57.6 Å². The Hall–Kier alpha value is -3.58. The Labute approximate surface area is 231 Å². The molecule has 0 radical (unpaired) electrons. The smallest absolute Gasteiger partial charge is 0.255 e. The van der Waals surface area contributed by atoms with Crippen molar-refractivity contribution in [1.29, 1.82) is 0 Å². The number of fused-ring (bicyclic) bond motifs is 3. The summed E-state index contributed by atoms with van der Waals surface area (Å²) in [7, 11) is 5.10. The summed E-state index contributed by atoms with van der Waals surface area (Å²) in [5, 5.41) is 44.7. The molecule has 6 N–H and O–H groups in total. The molecule has 40 heavy (non-hydrogen) atoms. The van der Waals surface area contributed by atoms with E-state index in [-0.39, 0.29) is 42.1 Å². The van der Waals surface area contributed by atoms with Crippen molar-refractivity contribution in [3.63, 3.8) is 0 Å². The lowest BCUT2D eigenvalue weighted by Gasteiger charge is -2.50. The first-order valence-electron chi connectivity index (χ1n) is 13.2. The van der Waals surface area contributed by atoms with Crippen molar-refractivity contribution >= 4 is 29.0 Å². The van der Waals surface area contributed by atoms with Crippen LogP contribution in [0.2, 0.25) is 0 Å².